The number of methoxy groups -OCH3 is 2. The maximum absolute atomic E-state index is 13.6. The van der Waals surface area contributed by atoms with Gasteiger partial charge in [0.15, 0.2) is 0 Å². The van der Waals surface area contributed by atoms with Crippen molar-refractivity contribution in [1.82, 2.24) is 40.4 Å². The van der Waals surface area contributed by atoms with Crippen LogP contribution in [0.2, 0.25) is 0 Å². The van der Waals surface area contributed by atoms with E-state index in [-0.39, 0.29) is 35.7 Å². The number of nitrogens with zero attached hydrogens (tertiary/aromatic N) is 4. The minimum Gasteiger partial charge on any atom is -0.453 e. The number of H-pyrrole nitrogens is 2. The van der Waals surface area contributed by atoms with Gasteiger partial charge in [0, 0.05) is 24.2 Å². The second kappa shape index (κ2) is 17.6. The highest BCUT2D eigenvalue weighted by Gasteiger charge is 2.39. The van der Waals surface area contributed by atoms with Gasteiger partial charge in [-0.1, -0.05) is 76.2 Å². The molecule has 4 aromatic rings. The summed E-state index contributed by atoms with van der Waals surface area (Å²) < 4.78 is 11.0. The van der Waals surface area contributed by atoms with E-state index < -0.39 is 24.3 Å². The molecule has 14 nitrogen and oxygen atoms in total. The second-order valence-electron chi connectivity index (χ2n) is 14.8. The van der Waals surface area contributed by atoms with Crippen molar-refractivity contribution in [2.24, 2.45) is 11.8 Å². The van der Waals surface area contributed by atoms with Crippen LogP contribution in [0.3, 0.4) is 0 Å². The molecule has 0 aliphatic carbocycles. The van der Waals surface area contributed by atoms with Gasteiger partial charge < -0.3 is 39.9 Å². The number of benzene rings is 2. The molecule has 4 heterocycles. The largest absolute Gasteiger partial charge is 0.453 e. The number of alkyl carbamates (subject to hydrolysis) is 2. The van der Waals surface area contributed by atoms with Crippen LogP contribution >= 0.6 is 31.9 Å². The van der Waals surface area contributed by atoms with Crippen LogP contribution in [0.15, 0.2) is 57.7 Å². The molecule has 0 radical (unpaired) electrons. The van der Waals surface area contributed by atoms with Gasteiger partial charge in [-0.05, 0) is 80.5 Å². The van der Waals surface area contributed by atoms with E-state index in [1.54, 1.807) is 9.80 Å². The van der Waals surface area contributed by atoms with Gasteiger partial charge in [0.2, 0.25) is 11.8 Å². The van der Waals surface area contributed by atoms with Gasteiger partial charge in [0.1, 0.15) is 44.3 Å². The average molecular weight is 897 g/mol. The van der Waals surface area contributed by atoms with E-state index in [2.05, 4.69) is 76.7 Å². The number of imidazole rings is 2. The Kier molecular flexibility index (Phi) is 12.9. The fraction of sp³-hybridized carbons (Fsp3) is 0.450. The fourth-order valence-electron chi connectivity index (χ4n) is 7.46. The van der Waals surface area contributed by atoms with Crippen LogP contribution < -0.4 is 10.6 Å². The van der Waals surface area contributed by atoms with Crippen molar-refractivity contribution in [3.63, 3.8) is 0 Å². The Labute approximate surface area is 343 Å². The van der Waals surface area contributed by atoms with Crippen LogP contribution in [0.5, 0.6) is 0 Å². The molecule has 16 heteroatoms. The summed E-state index contributed by atoms with van der Waals surface area (Å²) in [5.41, 5.74) is 5.37. The van der Waals surface area contributed by atoms with Gasteiger partial charge in [-0.2, -0.15) is 0 Å². The first-order chi connectivity index (χ1) is 26.8. The predicted molar refractivity (Wildman–Crippen MR) is 218 cm³/mol. The molecule has 4 N–H and O–H groups in total. The van der Waals surface area contributed by atoms with E-state index in [9.17, 15) is 19.2 Å². The Morgan fingerprint density at radius 3 is 1.30 bits per heavy atom. The molecule has 2 aliphatic rings. The van der Waals surface area contributed by atoms with E-state index in [1.165, 1.54) is 14.2 Å². The molecule has 6 rings (SSSR count). The number of likely N-dealkylation sites (tertiary alicyclic amines) is 2. The number of aromatic nitrogens is 4. The highest BCUT2D eigenvalue weighted by molar-refractivity contribution is 9.10. The lowest BCUT2D eigenvalue weighted by Crippen LogP contribution is -2.51. The zero-order valence-corrected chi connectivity index (χ0v) is 35.5. The summed E-state index contributed by atoms with van der Waals surface area (Å²) in [7, 11) is 2.57. The van der Waals surface area contributed by atoms with Crippen LogP contribution in [0, 0.1) is 11.8 Å². The Morgan fingerprint density at radius 2 is 0.982 bits per heavy atom. The number of carbonyl (C=O) groups excluding carboxylic acids is 4. The maximum atomic E-state index is 13.6. The van der Waals surface area contributed by atoms with Crippen molar-refractivity contribution in [2.75, 3.05) is 27.3 Å². The van der Waals surface area contributed by atoms with E-state index in [4.69, 9.17) is 19.4 Å². The first-order valence-electron chi connectivity index (χ1n) is 18.8. The molecule has 0 saturated carbocycles. The molecule has 2 aromatic carbocycles. The fourth-order valence-corrected chi connectivity index (χ4v) is 8.50. The van der Waals surface area contributed by atoms with Crippen LogP contribution in [-0.4, -0.2) is 93.1 Å². The number of amides is 4. The third-order valence-electron chi connectivity index (χ3n) is 10.5. The maximum Gasteiger partial charge on any atom is 0.407 e. The summed E-state index contributed by atoms with van der Waals surface area (Å²) in [6, 6.07) is 14.4. The summed E-state index contributed by atoms with van der Waals surface area (Å²) in [5.74, 6) is 0.824. The van der Waals surface area contributed by atoms with Crippen LogP contribution in [0.1, 0.15) is 77.1 Å². The quantitative estimate of drug-likeness (QED) is 0.118. The summed E-state index contributed by atoms with van der Waals surface area (Å²) in [5, 5.41) is 5.39. The normalized spacial score (nSPS) is 18.0. The van der Waals surface area contributed by atoms with E-state index in [0.29, 0.717) is 24.7 Å². The lowest BCUT2D eigenvalue weighted by atomic mass is 10.0. The molecule has 0 bridgehead atoms. The van der Waals surface area contributed by atoms with Crippen molar-refractivity contribution in [3.05, 3.63) is 69.4 Å². The smallest absolute Gasteiger partial charge is 0.407 e. The zero-order valence-electron chi connectivity index (χ0n) is 32.3. The van der Waals surface area contributed by atoms with E-state index in [0.717, 1.165) is 68.5 Å². The Balaban J connectivity index is 1.15. The third-order valence-corrected chi connectivity index (χ3v) is 11.6. The molecule has 56 heavy (non-hydrogen) atoms. The van der Waals surface area contributed by atoms with Crippen LogP contribution in [0.25, 0.3) is 33.6 Å². The molecule has 2 aromatic heterocycles. The van der Waals surface area contributed by atoms with Gasteiger partial charge >= 0.3 is 12.2 Å². The molecular formula is C40H48Br2N8O6. The van der Waals surface area contributed by atoms with Crippen molar-refractivity contribution in [2.45, 2.75) is 77.5 Å². The molecule has 4 amide bonds. The Morgan fingerprint density at radius 1 is 0.643 bits per heavy atom. The highest BCUT2D eigenvalue weighted by Crippen LogP contribution is 2.38. The summed E-state index contributed by atoms with van der Waals surface area (Å²) in [6.07, 6.45) is 1.90. The zero-order chi connectivity index (χ0) is 40.3. The minimum atomic E-state index is -0.706. The van der Waals surface area contributed by atoms with E-state index >= 15 is 0 Å². The number of ether oxygens (including phenoxy) is 2. The first kappa shape index (κ1) is 40.9. The molecule has 2 fully saturated rings. The molecule has 4 unspecified atom stereocenters. The molecule has 2 aliphatic heterocycles. The second-order valence-corrected chi connectivity index (χ2v) is 16.4. The van der Waals surface area contributed by atoms with Crippen LogP contribution in [0.4, 0.5) is 9.59 Å². The van der Waals surface area contributed by atoms with E-state index in [1.807, 2.05) is 52.0 Å². The highest BCUT2D eigenvalue weighted by atomic mass is 79.9. The topological polar surface area (TPSA) is 175 Å². The Bertz CT molecular complexity index is 1900. The molecule has 2 saturated heterocycles. The SMILES string of the molecule is COC(=O)NC(C(=O)N1CCCC1c1nc(-c2ccc(-c3ccc(-c4nc(C5CCCN5C(=O)C(NC(=O)OC)C(C)C)[nH]c4Br)cc3)cc2)c(Br)[nH]1)C(C)C. The molecule has 298 valence electrons. The monoisotopic (exact) mass is 894 g/mol. The summed E-state index contributed by atoms with van der Waals surface area (Å²) >= 11 is 7.32. The molecule has 4 atom stereocenters. The standard InChI is InChI=1S/C40H48Br2N8O6/c1-21(2)29(45-39(53)55-5)37(51)49-19-7-9-27(49)35-43-31(33(41)47-35)25-15-11-23(12-16-25)24-13-17-26(18-14-24)32-34(42)48-36(44-32)28-10-8-20-50(28)38(52)30(22(3)4)46-40(54)56-6/h11-18,21-22,27-30H,7-10,19-20H2,1-6H3,(H,43,47)(H,44,48)(H,45,53)(H,46,54). The summed E-state index contributed by atoms with van der Waals surface area (Å²) in [4.78, 5) is 71.3. The van der Waals surface area contributed by atoms with Gasteiger partial charge in [0.25, 0.3) is 0 Å². The van der Waals surface area contributed by atoms with Gasteiger partial charge in [-0.25, -0.2) is 19.6 Å². The van der Waals surface area contributed by atoms with Crippen molar-refractivity contribution >= 4 is 55.9 Å². The number of hydrogen-bond donors (Lipinski definition) is 4. The van der Waals surface area contributed by atoms with Gasteiger partial charge in [0.05, 0.1) is 26.3 Å². The van der Waals surface area contributed by atoms with Gasteiger partial charge in [-0.3, -0.25) is 9.59 Å². The third kappa shape index (κ3) is 8.65. The average Bonchev–Trinajstić information content (AvgIpc) is 4.02. The number of aromatic amines is 2. The van der Waals surface area contributed by atoms with Gasteiger partial charge in [-0.15, -0.1) is 0 Å². The number of halogens is 2. The minimum absolute atomic E-state index is 0.119. The predicted octanol–water partition coefficient (Wildman–Crippen LogP) is 7.75. The van der Waals surface area contributed by atoms with Crippen molar-refractivity contribution in [3.8, 4) is 33.6 Å². The first-order valence-corrected chi connectivity index (χ1v) is 20.4. The van der Waals surface area contributed by atoms with Crippen molar-refractivity contribution in [1.29, 1.82) is 0 Å². The van der Waals surface area contributed by atoms with Crippen LogP contribution in [-0.2, 0) is 19.1 Å². The number of rotatable bonds is 11. The lowest BCUT2D eigenvalue weighted by molar-refractivity contribution is -0.136. The molecular weight excluding hydrogens is 848 g/mol. The molecule has 0 spiro atoms. The number of nitrogens with one attached hydrogen (secondary N) is 4. The Hall–Kier alpha value is -4.70. The lowest BCUT2D eigenvalue weighted by Gasteiger charge is -2.29. The number of hydrogen-bond acceptors (Lipinski definition) is 8. The van der Waals surface area contributed by atoms with Crippen molar-refractivity contribution < 1.29 is 28.7 Å². The summed E-state index contributed by atoms with van der Waals surface area (Å²) in [6.45, 7) is 8.73. The number of carbonyl (C=O) groups is 4.